The number of imidazole rings is 5. The van der Waals surface area contributed by atoms with Crippen LogP contribution in [0.1, 0.15) is 70.9 Å². The number of halogens is 5. The second-order valence-corrected chi connectivity index (χ2v) is 34.8. The number of hydrogen-bond donors (Lipinski definition) is 5. The standard InChI is InChI=1S/C19H23N3OS.C18H21N3O3S.C17H19N3O3S.C16H14F3N3O2S.C16H15F2N3O4S/c1-14(2)12-22(3)18-11-7-4-8-15(18)13-24(23)19-20-16-9-5-6-10-17(16)21-19;1-13-16(19-9-8-17(13)24-11-5-10-23-2)12-25(22)18-20-14-6-3-4-7-15(14)21-18;1-10-8-18-15(11(2)16(10)23-4)9-24(21)17-19-13-6-5-12(22-3)7-14(13)20-17;1-10-13(20-7-6-14(10)24-9-16(17,18)19)8-25(23)15-21-11-4-2-3-5-12(11)22-15;1-23-13-5-6-19-12(14(13)24-2)8-26(22)16-20-10-4-3-9(25-15(17)18)7-11(10)21-16/h4-11,14H,12-13H2,1-3H3,(H,20,21);3-4,6-9H,5,10-12H2,1-2H3,(H,20,21);5-8H,9H2,1-4H3,(H,19,20);2-7H,8-9H2,1H3,(H,21,22);3-7,15H,8H2,1-2H3,(H,20,21). The third-order valence-electron chi connectivity index (χ3n) is 18.7. The van der Waals surface area contributed by atoms with E-state index < -0.39 is 73.4 Å². The minimum atomic E-state index is -4.42. The summed E-state index contributed by atoms with van der Waals surface area (Å²) in [6, 6.07) is 45.4. The van der Waals surface area contributed by atoms with Crippen molar-refractivity contribution in [3.05, 3.63) is 227 Å². The molecule has 0 aliphatic rings. The summed E-state index contributed by atoms with van der Waals surface area (Å²) in [4.78, 5) is 56.3. The zero-order valence-corrected chi connectivity index (χ0v) is 73.8. The average molecular weight is 1800 g/mol. The molecule has 0 saturated heterocycles. The Labute approximate surface area is 723 Å². The van der Waals surface area contributed by atoms with E-state index in [0.717, 1.165) is 108 Å². The highest BCUT2D eigenvalue weighted by Crippen LogP contribution is 2.34. The molecule has 15 rings (SSSR count). The number of aromatic nitrogens is 14. The van der Waals surface area contributed by atoms with E-state index in [1.54, 1.807) is 52.8 Å². The van der Waals surface area contributed by atoms with Crippen molar-refractivity contribution in [3.8, 4) is 40.2 Å². The molecule has 9 aromatic heterocycles. The molecule has 124 heavy (non-hydrogen) atoms. The highest BCUT2D eigenvalue weighted by atomic mass is 32.2. The van der Waals surface area contributed by atoms with E-state index in [1.165, 1.54) is 50.9 Å². The van der Waals surface area contributed by atoms with Crippen molar-refractivity contribution in [2.75, 3.05) is 73.9 Å². The molecule has 654 valence electrons. The van der Waals surface area contributed by atoms with Crippen molar-refractivity contribution in [1.29, 1.82) is 0 Å². The average Bonchev–Trinajstić information content (AvgIpc) is 1.66. The third kappa shape index (κ3) is 24.9. The molecule has 15 aromatic rings. The molecule has 6 aromatic carbocycles. The molecule has 5 atom stereocenters. The van der Waals surface area contributed by atoms with Crippen molar-refractivity contribution < 1.29 is 80.9 Å². The molecular formula is C86H92F5N15O13S5. The Morgan fingerprint density at radius 1 is 0.427 bits per heavy atom. The molecular weight excluding hydrogens is 1710 g/mol. The Morgan fingerprint density at radius 2 is 0.839 bits per heavy atom. The molecule has 9 heterocycles. The number of hydrogen-bond acceptors (Lipinski definition) is 23. The number of aryl methyl sites for hydroxylation is 1. The summed E-state index contributed by atoms with van der Waals surface area (Å²) in [5, 5.41) is 1.93. The summed E-state index contributed by atoms with van der Waals surface area (Å²) in [7, 11) is 3.06. The highest BCUT2D eigenvalue weighted by Gasteiger charge is 2.30. The van der Waals surface area contributed by atoms with E-state index >= 15 is 0 Å². The van der Waals surface area contributed by atoms with Crippen LogP contribution in [0.4, 0.5) is 27.6 Å². The molecule has 0 spiro atoms. The minimum Gasteiger partial charge on any atom is -0.497 e. The van der Waals surface area contributed by atoms with Gasteiger partial charge >= 0.3 is 12.8 Å². The SMILES string of the molecule is CC(C)CN(C)c1ccccc1CS(=O)c1nc2ccccc2[nH]1.COCCCOc1ccnc(CS(=O)c2nc3ccccc3[nH]2)c1C.COc1ccc2nc(S(=O)Cc3ncc(C)c(OC)c3C)[nH]c2c1.COc1ccnc(CS(=O)c2nc3ccc(OC(F)F)cc3[nH]2)c1OC.Cc1c(OCC(F)(F)F)ccnc1CS(=O)c1nc2ccccc2[nH]1. The van der Waals surface area contributed by atoms with E-state index in [9.17, 15) is 43.0 Å². The van der Waals surface area contributed by atoms with Gasteiger partial charge in [-0.05, 0) is 118 Å². The van der Waals surface area contributed by atoms with Crippen LogP contribution in [-0.2, 0) is 87.5 Å². The maximum atomic E-state index is 12.8. The number of H-pyrrole nitrogens is 5. The number of nitrogens with one attached hydrogen (secondary N) is 5. The first-order valence-electron chi connectivity index (χ1n) is 38.4. The molecule has 5 unspecified atom stereocenters. The van der Waals surface area contributed by atoms with E-state index in [1.807, 2.05) is 130 Å². The van der Waals surface area contributed by atoms with Crippen LogP contribution in [0.3, 0.4) is 0 Å². The fourth-order valence-electron chi connectivity index (χ4n) is 12.6. The van der Waals surface area contributed by atoms with Gasteiger partial charge in [-0.15, -0.1) is 0 Å². The molecule has 5 N–H and O–H groups in total. The van der Waals surface area contributed by atoms with Gasteiger partial charge in [0.1, 0.15) is 28.7 Å². The number of fused-ring (bicyclic) bond motifs is 5. The Kier molecular flexibility index (Phi) is 32.8. The molecule has 0 bridgehead atoms. The van der Waals surface area contributed by atoms with E-state index in [0.29, 0.717) is 96.3 Å². The van der Waals surface area contributed by atoms with Gasteiger partial charge in [-0.3, -0.25) is 41.0 Å². The topological polar surface area (TPSA) is 357 Å². The summed E-state index contributed by atoms with van der Waals surface area (Å²) < 4.78 is 166. The van der Waals surface area contributed by atoms with Crippen LogP contribution in [0.15, 0.2) is 202 Å². The van der Waals surface area contributed by atoms with Gasteiger partial charge in [0, 0.05) is 105 Å². The lowest BCUT2D eigenvalue weighted by Crippen LogP contribution is -2.23. The van der Waals surface area contributed by atoms with Crippen molar-refractivity contribution in [2.24, 2.45) is 5.92 Å². The number of benzene rings is 6. The van der Waals surface area contributed by atoms with E-state index in [4.69, 9.17) is 33.2 Å². The molecule has 38 heteroatoms. The summed E-state index contributed by atoms with van der Waals surface area (Å²) in [5.41, 5.74) is 15.2. The largest absolute Gasteiger partial charge is 0.497 e. The fourth-order valence-corrected chi connectivity index (χ4v) is 18.0. The number of para-hydroxylation sites is 7. The van der Waals surface area contributed by atoms with Crippen LogP contribution in [-0.4, -0.2) is 173 Å². The van der Waals surface area contributed by atoms with Crippen molar-refractivity contribution >= 4 is 115 Å². The zero-order valence-electron chi connectivity index (χ0n) is 69.7. The second kappa shape index (κ2) is 43.9. The molecule has 0 fully saturated rings. The second-order valence-electron chi connectivity index (χ2n) is 28.0. The molecule has 28 nitrogen and oxygen atoms in total. The summed E-state index contributed by atoms with van der Waals surface area (Å²) in [5.74, 6) is 4.88. The quantitative estimate of drug-likeness (QED) is 0.0199. The van der Waals surface area contributed by atoms with Gasteiger partial charge in [-0.2, -0.15) is 22.0 Å². The van der Waals surface area contributed by atoms with Crippen LogP contribution in [0.2, 0.25) is 0 Å². The number of alkyl halides is 5. The van der Waals surface area contributed by atoms with Crippen LogP contribution >= 0.6 is 0 Å². The Morgan fingerprint density at radius 3 is 1.29 bits per heavy atom. The molecule has 0 saturated carbocycles. The van der Waals surface area contributed by atoms with Crippen LogP contribution < -0.4 is 38.1 Å². The number of nitrogens with zero attached hydrogens (tertiary/aromatic N) is 10. The monoisotopic (exact) mass is 1800 g/mol. The predicted molar refractivity (Wildman–Crippen MR) is 468 cm³/mol. The first-order valence-corrected chi connectivity index (χ1v) is 45.0. The highest BCUT2D eigenvalue weighted by molar-refractivity contribution is 7.85. The summed E-state index contributed by atoms with van der Waals surface area (Å²) >= 11 is 0. The summed E-state index contributed by atoms with van der Waals surface area (Å²) in [6.45, 7) is 9.68. The van der Waals surface area contributed by atoms with Crippen LogP contribution in [0.25, 0.3) is 55.2 Å². The van der Waals surface area contributed by atoms with Crippen LogP contribution in [0, 0.1) is 33.6 Å². The van der Waals surface area contributed by atoms with Gasteiger partial charge in [0.2, 0.25) is 0 Å². The van der Waals surface area contributed by atoms with Crippen molar-refractivity contribution in [1.82, 2.24) is 69.8 Å². The molecule has 0 aliphatic heterocycles. The Balaban J connectivity index is 0.000000151. The molecule has 0 radical (unpaired) electrons. The predicted octanol–water partition coefficient (Wildman–Crippen LogP) is 16.3. The maximum absolute atomic E-state index is 12.8. The van der Waals surface area contributed by atoms with Gasteiger partial charge in [0.25, 0.3) is 0 Å². The number of ether oxygens (including phenoxy) is 8. The van der Waals surface area contributed by atoms with Gasteiger partial charge in [0.15, 0.2) is 43.9 Å². The third-order valence-corrected chi connectivity index (χ3v) is 24.5. The lowest BCUT2D eigenvalue weighted by molar-refractivity contribution is -0.153. The zero-order chi connectivity index (χ0) is 88.7. The van der Waals surface area contributed by atoms with E-state index in [2.05, 4.69) is 106 Å². The number of methoxy groups -OCH3 is 5. The van der Waals surface area contributed by atoms with Gasteiger partial charge in [0.05, 0.1) is 196 Å². The van der Waals surface area contributed by atoms with Gasteiger partial charge in [-0.1, -0.05) is 68.4 Å². The lowest BCUT2D eigenvalue weighted by atomic mass is 10.1. The number of aromatic amines is 5. The fraction of sp³-hybridized carbons (Fsp3) is 0.291. The van der Waals surface area contributed by atoms with Crippen molar-refractivity contribution in [3.63, 3.8) is 0 Å². The number of rotatable bonds is 31. The maximum Gasteiger partial charge on any atom is 0.422 e. The number of anilines is 1. The normalized spacial score (nSPS) is 12.6. The Bertz CT molecular complexity index is 6170. The summed E-state index contributed by atoms with van der Waals surface area (Å²) in [6.07, 6.45) is 2.68. The van der Waals surface area contributed by atoms with Crippen molar-refractivity contribution in [2.45, 2.75) is 115 Å². The first kappa shape index (κ1) is 92.7. The number of pyridine rings is 4. The first-order chi connectivity index (χ1) is 59.6. The lowest BCUT2D eigenvalue weighted by Gasteiger charge is -2.24. The minimum absolute atomic E-state index is 0.00962. The molecule has 0 amide bonds. The van der Waals surface area contributed by atoms with Gasteiger partial charge in [-0.25, -0.2) is 24.9 Å². The Hall–Kier alpha value is -12.0. The smallest absolute Gasteiger partial charge is 0.422 e. The van der Waals surface area contributed by atoms with Gasteiger partial charge < -0.3 is 67.7 Å². The molecule has 0 aliphatic carbocycles. The van der Waals surface area contributed by atoms with E-state index in [-0.39, 0.29) is 33.9 Å². The van der Waals surface area contributed by atoms with Crippen LogP contribution in [0.5, 0.6) is 40.2 Å².